The molecule has 1 saturated heterocycles. The van der Waals surface area contributed by atoms with Crippen LogP contribution in [0.4, 0.5) is 0 Å². The van der Waals surface area contributed by atoms with Gasteiger partial charge in [0.1, 0.15) is 0 Å². The average molecular weight is 527 g/mol. The first-order valence-corrected chi connectivity index (χ1v) is 11.1. The maximum absolute atomic E-state index is 12.8. The van der Waals surface area contributed by atoms with E-state index in [2.05, 4.69) is 63.8 Å². The Kier molecular flexibility index (Phi) is 10.4. The Morgan fingerprint density at radius 2 is 1.87 bits per heavy atom. The van der Waals surface area contributed by atoms with Gasteiger partial charge in [-0.2, -0.15) is 0 Å². The van der Waals surface area contributed by atoms with Crippen molar-refractivity contribution in [2.45, 2.75) is 50.6 Å². The normalized spacial score (nSPS) is 21.3. The number of aliphatic imine (C=N–C) groups is 1. The molecule has 1 saturated carbocycles. The predicted octanol–water partition coefficient (Wildman–Crippen LogP) is 3.25. The van der Waals surface area contributed by atoms with Gasteiger partial charge in [-0.15, -0.1) is 24.0 Å². The highest BCUT2D eigenvalue weighted by Crippen LogP contribution is 2.26. The number of nitrogens with zero attached hydrogens (tertiary/aromatic N) is 3. The molecule has 2 atom stereocenters. The second-order valence-electron chi connectivity index (χ2n) is 8.59. The number of amides is 1. The highest BCUT2D eigenvalue weighted by molar-refractivity contribution is 14.0. The summed E-state index contributed by atoms with van der Waals surface area (Å²) >= 11 is 0. The maximum Gasteiger partial charge on any atom is 0.225 e. The lowest BCUT2D eigenvalue weighted by molar-refractivity contribution is -0.135. The zero-order chi connectivity index (χ0) is 20.6. The zero-order valence-corrected chi connectivity index (χ0v) is 21.0. The summed E-state index contributed by atoms with van der Waals surface area (Å²) in [5.74, 6) is 1.44. The minimum atomic E-state index is 0. The van der Waals surface area contributed by atoms with Gasteiger partial charge < -0.3 is 20.4 Å². The fourth-order valence-electron chi connectivity index (χ4n) is 4.54. The predicted molar refractivity (Wildman–Crippen MR) is 134 cm³/mol. The van der Waals surface area contributed by atoms with Crippen LogP contribution in [0.25, 0.3) is 0 Å². The van der Waals surface area contributed by atoms with E-state index in [9.17, 15) is 4.79 Å². The summed E-state index contributed by atoms with van der Waals surface area (Å²) in [6.45, 7) is 2.41. The number of likely N-dealkylation sites (tertiary alicyclic amines) is 1. The molecule has 1 aliphatic carbocycles. The Hall–Kier alpha value is -1.35. The number of hydrogen-bond acceptors (Lipinski definition) is 3. The van der Waals surface area contributed by atoms with E-state index < -0.39 is 0 Å². The van der Waals surface area contributed by atoms with E-state index in [-0.39, 0.29) is 42.0 Å². The van der Waals surface area contributed by atoms with Crippen LogP contribution in [0.2, 0.25) is 0 Å². The first kappa shape index (κ1) is 24.9. The monoisotopic (exact) mass is 527 g/mol. The van der Waals surface area contributed by atoms with Crippen molar-refractivity contribution < 1.29 is 4.79 Å². The van der Waals surface area contributed by atoms with Gasteiger partial charge >= 0.3 is 0 Å². The maximum atomic E-state index is 12.8. The van der Waals surface area contributed by atoms with Crippen LogP contribution in [0.15, 0.2) is 35.3 Å². The Morgan fingerprint density at radius 1 is 1.17 bits per heavy atom. The van der Waals surface area contributed by atoms with Gasteiger partial charge in [0.2, 0.25) is 5.91 Å². The lowest BCUT2D eigenvalue weighted by Gasteiger charge is -2.27. The summed E-state index contributed by atoms with van der Waals surface area (Å²) in [5, 5.41) is 7.00. The van der Waals surface area contributed by atoms with E-state index in [0.29, 0.717) is 5.91 Å². The Bertz CT molecular complexity index is 675. The summed E-state index contributed by atoms with van der Waals surface area (Å²) in [4.78, 5) is 21.5. The largest absolute Gasteiger partial charge is 0.354 e. The molecule has 1 heterocycles. The van der Waals surface area contributed by atoms with E-state index >= 15 is 0 Å². The Labute approximate surface area is 198 Å². The van der Waals surface area contributed by atoms with Crippen molar-refractivity contribution in [1.82, 2.24) is 20.4 Å². The van der Waals surface area contributed by atoms with Crippen molar-refractivity contribution in [1.29, 1.82) is 0 Å². The second-order valence-corrected chi connectivity index (χ2v) is 8.59. The molecule has 2 unspecified atom stereocenters. The lowest BCUT2D eigenvalue weighted by atomic mass is 9.88. The molecule has 3 rings (SSSR count). The molecular formula is C23H38IN5O. The van der Waals surface area contributed by atoms with Gasteiger partial charge in [0, 0.05) is 38.6 Å². The third-order valence-electron chi connectivity index (χ3n) is 6.29. The highest BCUT2D eigenvalue weighted by Gasteiger charge is 2.31. The van der Waals surface area contributed by atoms with Crippen molar-refractivity contribution in [3.05, 3.63) is 35.9 Å². The quantitative estimate of drug-likeness (QED) is 0.339. The molecule has 2 fully saturated rings. The molecule has 0 bridgehead atoms. The molecule has 2 N–H and O–H groups in total. The molecule has 1 aliphatic heterocycles. The molecule has 1 amide bonds. The molecule has 6 nitrogen and oxygen atoms in total. The number of nitrogens with one attached hydrogen (secondary N) is 2. The number of likely N-dealkylation sites (N-methyl/N-ethyl adjacent to an activating group) is 1. The van der Waals surface area contributed by atoms with Crippen molar-refractivity contribution in [2.75, 3.05) is 40.8 Å². The molecule has 30 heavy (non-hydrogen) atoms. The van der Waals surface area contributed by atoms with Crippen LogP contribution in [-0.2, 0) is 4.79 Å². The van der Waals surface area contributed by atoms with E-state index in [1.54, 1.807) is 0 Å². The van der Waals surface area contributed by atoms with Gasteiger partial charge in [0.15, 0.2) is 5.96 Å². The summed E-state index contributed by atoms with van der Waals surface area (Å²) in [6, 6.07) is 11.1. The fraction of sp³-hybridized carbons (Fsp3) is 0.652. The first-order valence-electron chi connectivity index (χ1n) is 11.1. The Morgan fingerprint density at radius 3 is 2.50 bits per heavy atom. The summed E-state index contributed by atoms with van der Waals surface area (Å²) in [5.41, 5.74) is 1.28. The van der Waals surface area contributed by atoms with Gasteiger partial charge in [-0.3, -0.25) is 9.79 Å². The minimum absolute atomic E-state index is 0. The van der Waals surface area contributed by atoms with E-state index in [0.717, 1.165) is 44.9 Å². The number of hydrogen-bond donors (Lipinski definition) is 2. The summed E-state index contributed by atoms with van der Waals surface area (Å²) in [6.07, 6.45) is 6.82. The fourth-order valence-corrected chi connectivity index (χ4v) is 4.54. The molecule has 1 aromatic rings. The van der Waals surface area contributed by atoms with Crippen LogP contribution >= 0.6 is 24.0 Å². The molecule has 0 radical (unpaired) electrons. The van der Waals surface area contributed by atoms with Crippen molar-refractivity contribution in [3.8, 4) is 0 Å². The smallest absolute Gasteiger partial charge is 0.225 e. The number of guanidine groups is 1. The second kappa shape index (κ2) is 12.5. The van der Waals surface area contributed by atoms with E-state index in [1.165, 1.54) is 24.8 Å². The molecule has 2 aliphatic rings. The molecule has 1 aromatic carbocycles. The third-order valence-corrected chi connectivity index (χ3v) is 6.29. The van der Waals surface area contributed by atoms with Crippen molar-refractivity contribution in [2.24, 2.45) is 10.9 Å². The number of halogens is 1. The summed E-state index contributed by atoms with van der Waals surface area (Å²) < 4.78 is 0. The molecule has 168 valence electrons. The van der Waals surface area contributed by atoms with Crippen LogP contribution in [0.5, 0.6) is 0 Å². The van der Waals surface area contributed by atoms with Gasteiger partial charge in [-0.25, -0.2) is 0 Å². The lowest BCUT2D eigenvalue weighted by Crippen LogP contribution is -2.47. The van der Waals surface area contributed by atoms with Crippen molar-refractivity contribution >= 4 is 35.8 Å². The average Bonchev–Trinajstić information content (AvgIpc) is 3.22. The minimum Gasteiger partial charge on any atom is -0.354 e. The van der Waals surface area contributed by atoms with Gasteiger partial charge in [-0.1, -0.05) is 49.6 Å². The third kappa shape index (κ3) is 6.83. The number of benzene rings is 1. The molecule has 0 aromatic heterocycles. The van der Waals surface area contributed by atoms with Crippen molar-refractivity contribution in [3.63, 3.8) is 0 Å². The van der Waals surface area contributed by atoms with Crippen LogP contribution < -0.4 is 10.6 Å². The van der Waals surface area contributed by atoms with Gasteiger partial charge in [-0.05, 0) is 38.9 Å². The van der Waals surface area contributed by atoms with Gasteiger partial charge in [0.25, 0.3) is 0 Å². The SMILES string of the molecule is CN=C(NCC(c1ccccc1)N(C)C)NC1CCN(C(=O)C2CCCCC2)C1.I. The van der Waals surface area contributed by atoms with Crippen LogP contribution in [0.1, 0.15) is 50.1 Å². The molecule has 0 spiro atoms. The molecular weight excluding hydrogens is 489 g/mol. The standard InChI is InChI=1S/C23H37N5O.HI/c1-24-23(25-16-21(27(2)3)18-10-6-4-7-11-18)26-20-14-15-28(17-20)22(29)19-12-8-5-9-13-19;/h4,6-7,10-11,19-21H,5,8-9,12-17H2,1-3H3,(H2,24,25,26);1H. The number of carbonyl (C=O) groups excluding carboxylic acids is 1. The first-order chi connectivity index (χ1) is 14.1. The number of carbonyl (C=O) groups is 1. The van der Waals surface area contributed by atoms with Crippen LogP contribution in [0, 0.1) is 5.92 Å². The zero-order valence-electron chi connectivity index (χ0n) is 18.6. The van der Waals surface area contributed by atoms with Gasteiger partial charge in [0.05, 0.1) is 6.04 Å². The molecule has 7 heteroatoms. The summed E-state index contributed by atoms with van der Waals surface area (Å²) in [7, 11) is 6.00. The van der Waals surface area contributed by atoms with Crippen LogP contribution in [-0.4, -0.2) is 68.5 Å². The van der Waals surface area contributed by atoms with E-state index in [1.807, 2.05) is 13.1 Å². The highest BCUT2D eigenvalue weighted by atomic mass is 127. The van der Waals surface area contributed by atoms with Crippen LogP contribution in [0.3, 0.4) is 0 Å². The van der Waals surface area contributed by atoms with E-state index in [4.69, 9.17) is 0 Å². The number of rotatable bonds is 6. The Balaban J connectivity index is 0.00000320. The topological polar surface area (TPSA) is 60.0 Å².